The lowest BCUT2D eigenvalue weighted by Crippen LogP contribution is -2.49. The first kappa shape index (κ1) is 11.9. The first-order valence-electron chi connectivity index (χ1n) is 6.55. The Morgan fingerprint density at radius 2 is 2.00 bits per heavy atom. The fourth-order valence-electron chi connectivity index (χ4n) is 4.46. The Morgan fingerprint density at radius 1 is 1.31 bits per heavy atom. The number of carbonyl (C=O) groups is 1. The van der Waals surface area contributed by atoms with Crippen molar-refractivity contribution in [2.24, 2.45) is 22.7 Å². The molecule has 1 nitrogen and oxygen atoms in total. The van der Waals surface area contributed by atoms with Crippen LogP contribution in [0.15, 0.2) is 12.2 Å². The standard InChI is InChI=1S/C15H24O/c1-11-6-7-13-14(2,3)8-5-9-15(13,4)12(11)10-16/h10,12-13H,1,5-9H2,2-4H3/t12-,13?,15+/m0/s1. The van der Waals surface area contributed by atoms with Crippen LogP contribution in [0.4, 0.5) is 0 Å². The molecule has 2 aliphatic carbocycles. The van der Waals surface area contributed by atoms with Crippen LogP contribution in [0.25, 0.3) is 0 Å². The van der Waals surface area contributed by atoms with Crippen molar-refractivity contribution >= 4 is 6.29 Å². The molecule has 1 unspecified atom stereocenters. The molecule has 1 heteroatoms. The molecule has 2 fully saturated rings. The largest absolute Gasteiger partial charge is 0.303 e. The SMILES string of the molecule is C=C1CCC2C(C)(C)CCC[C@]2(C)[C@H]1C=O. The molecule has 3 atom stereocenters. The van der Waals surface area contributed by atoms with Crippen molar-refractivity contribution in [2.45, 2.75) is 52.9 Å². The Balaban J connectivity index is 2.38. The third-order valence-corrected chi connectivity index (χ3v) is 5.32. The van der Waals surface area contributed by atoms with Crippen LogP contribution < -0.4 is 0 Å². The Morgan fingerprint density at radius 3 is 2.62 bits per heavy atom. The summed E-state index contributed by atoms with van der Waals surface area (Å²) in [6.45, 7) is 11.2. The van der Waals surface area contributed by atoms with Crippen molar-refractivity contribution in [2.75, 3.05) is 0 Å². The van der Waals surface area contributed by atoms with Gasteiger partial charge in [-0.3, -0.25) is 0 Å². The van der Waals surface area contributed by atoms with Gasteiger partial charge in [-0.25, -0.2) is 0 Å². The maximum absolute atomic E-state index is 11.4. The summed E-state index contributed by atoms with van der Waals surface area (Å²) in [5.41, 5.74) is 1.75. The molecule has 0 radical (unpaired) electrons. The van der Waals surface area contributed by atoms with Crippen molar-refractivity contribution < 1.29 is 4.79 Å². The monoisotopic (exact) mass is 220 g/mol. The molecule has 0 aromatic rings. The summed E-state index contributed by atoms with van der Waals surface area (Å²) in [6, 6.07) is 0. The molecule has 0 amide bonds. The minimum absolute atomic E-state index is 0.103. The molecule has 2 aliphatic rings. The molecule has 0 saturated heterocycles. The highest BCUT2D eigenvalue weighted by Crippen LogP contribution is 2.60. The van der Waals surface area contributed by atoms with E-state index in [2.05, 4.69) is 27.4 Å². The molecule has 0 bridgehead atoms. The minimum Gasteiger partial charge on any atom is -0.303 e. The number of fused-ring (bicyclic) bond motifs is 1. The highest BCUT2D eigenvalue weighted by atomic mass is 16.1. The van der Waals surface area contributed by atoms with Crippen LogP contribution >= 0.6 is 0 Å². The van der Waals surface area contributed by atoms with E-state index in [1.54, 1.807) is 0 Å². The van der Waals surface area contributed by atoms with Gasteiger partial charge in [0.25, 0.3) is 0 Å². The second-order valence-electron chi connectivity index (χ2n) is 6.71. The summed E-state index contributed by atoms with van der Waals surface area (Å²) < 4.78 is 0. The third-order valence-electron chi connectivity index (χ3n) is 5.32. The van der Waals surface area contributed by atoms with E-state index in [0.29, 0.717) is 11.3 Å². The lowest BCUT2D eigenvalue weighted by Gasteiger charge is -2.56. The molecule has 16 heavy (non-hydrogen) atoms. The van der Waals surface area contributed by atoms with Crippen LogP contribution in [0, 0.1) is 22.7 Å². The van der Waals surface area contributed by atoms with Crippen molar-refractivity contribution in [3.8, 4) is 0 Å². The molecule has 0 N–H and O–H groups in total. The predicted octanol–water partition coefficient (Wildman–Crippen LogP) is 3.98. The average molecular weight is 220 g/mol. The average Bonchev–Trinajstić information content (AvgIpc) is 2.15. The molecular weight excluding hydrogens is 196 g/mol. The van der Waals surface area contributed by atoms with E-state index in [4.69, 9.17) is 0 Å². The van der Waals surface area contributed by atoms with Crippen molar-refractivity contribution in [3.63, 3.8) is 0 Å². The molecule has 90 valence electrons. The Bertz CT molecular complexity index is 315. The maximum Gasteiger partial charge on any atom is 0.127 e. The lowest BCUT2D eigenvalue weighted by molar-refractivity contribution is -0.121. The molecule has 0 aromatic carbocycles. The maximum atomic E-state index is 11.4. The molecular formula is C15H24O. The topological polar surface area (TPSA) is 17.1 Å². The number of hydrogen-bond donors (Lipinski definition) is 0. The smallest absolute Gasteiger partial charge is 0.127 e. The third kappa shape index (κ3) is 1.56. The van der Waals surface area contributed by atoms with Crippen LogP contribution in [0.2, 0.25) is 0 Å². The van der Waals surface area contributed by atoms with Crippen molar-refractivity contribution in [1.82, 2.24) is 0 Å². The van der Waals surface area contributed by atoms with Gasteiger partial charge in [0, 0.05) is 5.92 Å². The normalized spacial score (nSPS) is 42.6. The molecule has 0 aromatic heterocycles. The van der Waals surface area contributed by atoms with Crippen LogP contribution in [-0.4, -0.2) is 6.29 Å². The van der Waals surface area contributed by atoms with Gasteiger partial charge < -0.3 is 4.79 Å². The van der Waals surface area contributed by atoms with E-state index in [0.717, 1.165) is 12.7 Å². The molecule has 0 aliphatic heterocycles. The van der Waals surface area contributed by atoms with E-state index in [-0.39, 0.29) is 11.3 Å². The van der Waals surface area contributed by atoms with Crippen molar-refractivity contribution in [3.05, 3.63) is 12.2 Å². The van der Waals surface area contributed by atoms with Gasteiger partial charge in [-0.05, 0) is 42.4 Å². The molecule has 2 saturated carbocycles. The van der Waals surface area contributed by atoms with Gasteiger partial charge in [0.15, 0.2) is 0 Å². The number of rotatable bonds is 1. The Labute approximate surface area is 99.3 Å². The van der Waals surface area contributed by atoms with Crippen LogP contribution in [0.1, 0.15) is 52.9 Å². The van der Waals surface area contributed by atoms with E-state index in [1.165, 1.54) is 31.3 Å². The highest BCUT2D eigenvalue weighted by Gasteiger charge is 2.52. The zero-order chi connectivity index (χ0) is 12.0. The summed E-state index contributed by atoms with van der Waals surface area (Å²) in [4.78, 5) is 11.4. The Kier molecular flexibility index (Phi) is 2.76. The fraction of sp³-hybridized carbons (Fsp3) is 0.800. The van der Waals surface area contributed by atoms with E-state index >= 15 is 0 Å². The summed E-state index contributed by atoms with van der Waals surface area (Å²) in [7, 11) is 0. The molecule has 0 heterocycles. The molecule has 0 spiro atoms. The summed E-state index contributed by atoms with van der Waals surface area (Å²) in [5, 5.41) is 0. The highest BCUT2D eigenvalue weighted by molar-refractivity contribution is 5.61. The second kappa shape index (κ2) is 3.72. The number of hydrogen-bond acceptors (Lipinski definition) is 1. The van der Waals surface area contributed by atoms with E-state index < -0.39 is 0 Å². The lowest BCUT2D eigenvalue weighted by atomic mass is 9.48. The Hall–Kier alpha value is -0.590. The first-order valence-corrected chi connectivity index (χ1v) is 6.55. The van der Waals surface area contributed by atoms with Gasteiger partial charge in [-0.15, -0.1) is 0 Å². The van der Waals surface area contributed by atoms with Gasteiger partial charge in [-0.2, -0.15) is 0 Å². The van der Waals surface area contributed by atoms with Gasteiger partial charge in [0.2, 0.25) is 0 Å². The fourth-order valence-corrected chi connectivity index (χ4v) is 4.46. The van der Waals surface area contributed by atoms with E-state index in [1.807, 2.05) is 0 Å². The van der Waals surface area contributed by atoms with Crippen LogP contribution in [-0.2, 0) is 4.79 Å². The second-order valence-corrected chi connectivity index (χ2v) is 6.71. The van der Waals surface area contributed by atoms with Crippen LogP contribution in [0.3, 0.4) is 0 Å². The number of aldehydes is 1. The van der Waals surface area contributed by atoms with Crippen LogP contribution in [0.5, 0.6) is 0 Å². The first-order chi connectivity index (χ1) is 7.42. The summed E-state index contributed by atoms with van der Waals surface area (Å²) in [5.74, 6) is 0.792. The summed E-state index contributed by atoms with van der Waals surface area (Å²) in [6.07, 6.45) is 7.21. The predicted molar refractivity (Wildman–Crippen MR) is 67.2 cm³/mol. The zero-order valence-electron chi connectivity index (χ0n) is 10.9. The zero-order valence-corrected chi connectivity index (χ0v) is 10.9. The van der Waals surface area contributed by atoms with Crippen molar-refractivity contribution in [1.29, 1.82) is 0 Å². The van der Waals surface area contributed by atoms with Gasteiger partial charge in [0.1, 0.15) is 6.29 Å². The van der Waals surface area contributed by atoms with E-state index in [9.17, 15) is 4.79 Å². The number of carbonyl (C=O) groups excluding carboxylic acids is 1. The minimum atomic E-state index is 0.103. The quantitative estimate of drug-likeness (QED) is 0.482. The number of allylic oxidation sites excluding steroid dienone is 1. The molecule has 2 rings (SSSR count). The van der Waals surface area contributed by atoms with Gasteiger partial charge in [0.05, 0.1) is 0 Å². The van der Waals surface area contributed by atoms with Gasteiger partial charge >= 0.3 is 0 Å². The van der Waals surface area contributed by atoms with Gasteiger partial charge in [-0.1, -0.05) is 39.3 Å². The summed E-state index contributed by atoms with van der Waals surface area (Å²) >= 11 is 0.